The Morgan fingerprint density at radius 1 is 1.21 bits per heavy atom. The van der Waals surface area contributed by atoms with Gasteiger partial charge in [0.2, 0.25) is 5.91 Å². The van der Waals surface area contributed by atoms with E-state index in [-0.39, 0.29) is 0 Å². The number of rotatable bonds is 9. The van der Waals surface area contributed by atoms with Gasteiger partial charge in [0.05, 0.1) is 5.54 Å². The minimum absolute atomic E-state index is 0.462. The van der Waals surface area contributed by atoms with Gasteiger partial charge < -0.3 is 16.2 Å². The third-order valence-corrected chi connectivity index (χ3v) is 3.14. The van der Waals surface area contributed by atoms with E-state index in [2.05, 4.69) is 12.1 Å². The molecule has 4 nitrogen and oxygen atoms in total. The van der Waals surface area contributed by atoms with Crippen molar-refractivity contribution in [2.75, 3.05) is 13.2 Å². The molecule has 0 aromatic heterocycles. The smallest absolute Gasteiger partial charge is 0.237 e. The molecule has 0 saturated carbocycles. The summed E-state index contributed by atoms with van der Waals surface area (Å²) in [5.74, 6) is -0.462. The Kier molecular flexibility index (Phi) is 6.53. The molecule has 0 heterocycles. The molecule has 0 saturated heterocycles. The summed E-state index contributed by atoms with van der Waals surface area (Å²) in [5, 5.41) is 0. The van der Waals surface area contributed by atoms with E-state index < -0.39 is 11.4 Å². The summed E-state index contributed by atoms with van der Waals surface area (Å²) in [6.07, 6.45) is 3.33. The van der Waals surface area contributed by atoms with E-state index in [9.17, 15) is 4.79 Å². The average Bonchev–Trinajstić information content (AvgIpc) is 2.38. The van der Waals surface area contributed by atoms with Gasteiger partial charge in [0, 0.05) is 13.2 Å². The third-order valence-electron chi connectivity index (χ3n) is 3.14. The number of nitrogens with two attached hydrogens (primary N) is 2. The molecule has 0 aliphatic heterocycles. The molecule has 1 atom stereocenters. The molecule has 0 fully saturated rings. The summed E-state index contributed by atoms with van der Waals surface area (Å²) >= 11 is 0. The second-order valence-corrected chi connectivity index (χ2v) is 5.09. The Labute approximate surface area is 115 Å². The average molecular weight is 264 g/mol. The summed E-state index contributed by atoms with van der Waals surface area (Å²) in [5.41, 5.74) is 11.3. The molecule has 0 spiro atoms. The lowest BCUT2D eigenvalue weighted by Gasteiger charge is -2.19. The van der Waals surface area contributed by atoms with Crippen LogP contribution in [-0.4, -0.2) is 24.7 Å². The summed E-state index contributed by atoms with van der Waals surface area (Å²) in [6.45, 7) is 3.01. The number of amides is 1. The summed E-state index contributed by atoms with van der Waals surface area (Å²) in [4.78, 5) is 11.0. The van der Waals surface area contributed by atoms with Gasteiger partial charge >= 0.3 is 0 Å². The molecular weight excluding hydrogens is 240 g/mol. The molecule has 0 bridgehead atoms. The predicted molar refractivity (Wildman–Crippen MR) is 76.6 cm³/mol. The number of primary amides is 1. The Bertz CT molecular complexity index is 377. The van der Waals surface area contributed by atoms with Crippen LogP contribution in [0.25, 0.3) is 0 Å². The van der Waals surface area contributed by atoms with Crippen LogP contribution in [0.2, 0.25) is 0 Å². The molecule has 19 heavy (non-hydrogen) atoms. The predicted octanol–water partition coefficient (Wildman–Crippen LogP) is 1.62. The van der Waals surface area contributed by atoms with Crippen LogP contribution < -0.4 is 11.5 Å². The van der Waals surface area contributed by atoms with E-state index in [4.69, 9.17) is 16.2 Å². The molecule has 1 amide bonds. The molecular formula is C15H24N2O2. The quantitative estimate of drug-likeness (QED) is 0.665. The van der Waals surface area contributed by atoms with Gasteiger partial charge in [-0.15, -0.1) is 0 Å². The molecule has 1 unspecified atom stereocenters. The zero-order valence-corrected chi connectivity index (χ0v) is 11.6. The van der Waals surface area contributed by atoms with Crippen molar-refractivity contribution in [3.8, 4) is 0 Å². The van der Waals surface area contributed by atoms with Crippen molar-refractivity contribution in [3.63, 3.8) is 0 Å². The van der Waals surface area contributed by atoms with E-state index in [1.54, 1.807) is 6.92 Å². The van der Waals surface area contributed by atoms with Gasteiger partial charge in [-0.05, 0) is 38.2 Å². The highest BCUT2D eigenvalue weighted by atomic mass is 16.5. The maximum Gasteiger partial charge on any atom is 0.237 e. The fourth-order valence-electron chi connectivity index (χ4n) is 1.79. The first kappa shape index (κ1) is 15.7. The van der Waals surface area contributed by atoms with E-state index in [0.29, 0.717) is 13.0 Å². The third kappa shape index (κ3) is 6.36. The fraction of sp³-hybridized carbons (Fsp3) is 0.533. The first-order valence-corrected chi connectivity index (χ1v) is 6.73. The van der Waals surface area contributed by atoms with Crippen molar-refractivity contribution in [2.24, 2.45) is 11.5 Å². The van der Waals surface area contributed by atoms with Gasteiger partial charge in [-0.25, -0.2) is 0 Å². The van der Waals surface area contributed by atoms with Crippen molar-refractivity contribution in [1.82, 2.24) is 0 Å². The number of benzene rings is 1. The van der Waals surface area contributed by atoms with Crippen LogP contribution >= 0.6 is 0 Å². The van der Waals surface area contributed by atoms with Gasteiger partial charge in [-0.1, -0.05) is 30.3 Å². The number of carbonyl (C=O) groups excluding carboxylic acids is 1. The number of ether oxygens (including phenoxy) is 1. The summed E-state index contributed by atoms with van der Waals surface area (Å²) in [7, 11) is 0. The summed E-state index contributed by atoms with van der Waals surface area (Å²) in [6, 6.07) is 10.3. The van der Waals surface area contributed by atoms with Gasteiger partial charge in [0.25, 0.3) is 0 Å². The minimum atomic E-state index is -0.923. The Balaban J connectivity index is 2.02. The molecule has 1 rings (SSSR count). The van der Waals surface area contributed by atoms with Crippen molar-refractivity contribution in [3.05, 3.63) is 35.9 Å². The first-order chi connectivity index (χ1) is 9.02. The van der Waals surface area contributed by atoms with E-state index in [0.717, 1.165) is 25.9 Å². The zero-order valence-electron chi connectivity index (χ0n) is 11.6. The number of hydrogen-bond donors (Lipinski definition) is 2. The SMILES string of the molecule is CC(N)(CCCOCCCc1ccccc1)C(N)=O. The van der Waals surface area contributed by atoms with Crippen LogP contribution in [0.15, 0.2) is 30.3 Å². The standard InChI is InChI=1S/C15H24N2O2/c1-15(17,14(16)18)10-6-12-19-11-5-9-13-7-3-2-4-8-13/h2-4,7-8H,5-6,9-12,17H2,1H3,(H2,16,18). The van der Waals surface area contributed by atoms with Crippen LogP contribution in [0.1, 0.15) is 31.7 Å². The van der Waals surface area contributed by atoms with Crippen molar-refractivity contribution in [2.45, 2.75) is 38.1 Å². The number of aryl methyl sites for hydroxylation is 1. The van der Waals surface area contributed by atoms with Gasteiger partial charge in [-0.2, -0.15) is 0 Å². The van der Waals surface area contributed by atoms with Crippen LogP contribution in [0.3, 0.4) is 0 Å². The second kappa shape index (κ2) is 7.92. The molecule has 1 aromatic carbocycles. The van der Waals surface area contributed by atoms with E-state index >= 15 is 0 Å². The highest BCUT2D eigenvalue weighted by Crippen LogP contribution is 2.08. The van der Waals surface area contributed by atoms with Gasteiger partial charge in [-0.3, -0.25) is 4.79 Å². The van der Waals surface area contributed by atoms with Gasteiger partial charge in [0.1, 0.15) is 0 Å². The van der Waals surface area contributed by atoms with Crippen LogP contribution in [0.4, 0.5) is 0 Å². The van der Waals surface area contributed by atoms with Crippen molar-refractivity contribution in [1.29, 1.82) is 0 Å². The molecule has 4 N–H and O–H groups in total. The topological polar surface area (TPSA) is 78.3 Å². The largest absolute Gasteiger partial charge is 0.381 e. The van der Waals surface area contributed by atoms with Crippen molar-refractivity contribution < 1.29 is 9.53 Å². The molecule has 4 heteroatoms. The minimum Gasteiger partial charge on any atom is -0.381 e. The maximum absolute atomic E-state index is 11.0. The lowest BCUT2D eigenvalue weighted by molar-refractivity contribution is -0.122. The number of hydrogen-bond acceptors (Lipinski definition) is 3. The van der Waals surface area contributed by atoms with E-state index in [1.807, 2.05) is 18.2 Å². The lowest BCUT2D eigenvalue weighted by Crippen LogP contribution is -2.49. The zero-order chi connectivity index (χ0) is 14.1. The first-order valence-electron chi connectivity index (χ1n) is 6.73. The van der Waals surface area contributed by atoms with Crippen LogP contribution in [0.5, 0.6) is 0 Å². The normalized spacial score (nSPS) is 14.0. The molecule has 0 aliphatic rings. The monoisotopic (exact) mass is 264 g/mol. The number of carbonyl (C=O) groups is 1. The van der Waals surface area contributed by atoms with Gasteiger partial charge in [0.15, 0.2) is 0 Å². The van der Waals surface area contributed by atoms with E-state index in [1.165, 1.54) is 5.56 Å². The van der Waals surface area contributed by atoms with Crippen molar-refractivity contribution >= 4 is 5.91 Å². The lowest BCUT2D eigenvalue weighted by atomic mass is 9.97. The molecule has 1 aromatic rings. The Hall–Kier alpha value is -1.39. The fourth-order valence-corrected chi connectivity index (χ4v) is 1.79. The molecule has 0 aliphatic carbocycles. The second-order valence-electron chi connectivity index (χ2n) is 5.09. The Morgan fingerprint density at radius 2 is 1.84 bits per heavy atom. The van der Waals surface area contributed by atoms with Crippen LogP contribution in [-0.2, 0) is 16.0 Å². The Morgan fingerprint density at radius 3 is 2.47 bits per heavy atom. The highest BCUT2D eigenvalue weighted by Gasteiger charge is 2.24. The summed E-state index contributed by atoms with van der Waals surface area (Å²) < 4.78 is 5.52. The molecule has 0 radical (unpaired) electrons. The van der Waals surface area contributed by atoms with Crippen LogP contribution in [0, 0.1) is 0 Å². The molecule has 106 valence electrons. The maximum atomic E-state index is 11.0. The highest BCUT2D eigenvalue weighted by molar-refractivity contribution is 5.83.